The van der Waals surface area contributed by atoms with Crippen molar-refractivity contribution in [3.05, 3.63) is 18.5 Å². The van der Waals surface area contributed by atoms with Gasteiger partial charge in [-0.25, -0.2) is 14.8 Å². The van der Waals surface area contributed by atoms with Crippen LogP contribution in [0.1, 0.15) is 38.5 Å². The summed E-state index contributed by atoms with van der Waals surface area (Å²) in [5, 5.41) is 6.00. The summed E-state index contributed by atoms with van der Waals surface area (Å²) in [5.41, 5.74) is -0.612. The van der Waals surface area contributed by atoms with Crippen LogP contribution in [0.15, 0.2) is 18.5 Å². The Labute approximate surface area is 159 Å². The molecule has 2 aliphatic heterocycles. The van der Waals surface area contributed by atoms with E-state index < -0.39 is 5.41 Å². The molecule has 1 aromatic heterocycles. The molecule has 0 spiro atoms. The van der Waals surface area contributed by atoms with Crippen LogP contribution in [0.2, 0.25) is 0 Å². The minimum atomic E-state index is -0.612. The smallest absolute Gasteiger partial charge is 0.317 e. The number of hydrogen-bond acceptors (Lipinski definition) is 5. The Morgan fingerprint density at radius 1 is 1.19 bits per heavy atom. The number of likely N-dealkylation sites (tertiary alicyclic amines) is 1. The van der Waals surface area contributed by atoms with Gasteiger partial charge in [0.05, 0.1) is 11.5 Å². The van der Waals surface area contributed by atoms with Gasteiger partial charge in [0, 0.05) is 45.1 Å². The normalized spacial score (nSPS) is 28.1. The molecule has 3 amide bonds. The lowest BCUT2D eigenvalue weighted by molar-refractivity contribution is -0.131. The molecule has 8 nitrogen and oxygen atoms in total. The summed E-state index contributed by atoms with van der Waals surface area (Å²) in [6.45, 7) is 1.76. The molecule has 3 heterocycles. The van der Waals surface area contributed by atoms with Gasteiger partial charge in [-0.15, -0.1) is 0 Å². The van der Waals surface area contributed by atoms with Crippen LogP contribution in [0.5, 0.6) is 0 Å². The lowest BCUT2D eigenvalue weighted by atomic mass is 9.74. The van der Waals surface area contributed by atoms with Crippen LogP contribution in [-0.2, 0) is 4.79 Å². The summed E-state index contributed by atoms with van der Waals surface area (Å²) in [7, 11) is 1.67. The Hall–Kier alpha value is -2.38. The van der Waals surface area contributed by atoms with Crippen molar-refractivity contribution >= 4 is 17.9 Å². The Bertz CT molecular complexity index is 693. The zero-order chi connectivity index (χ0) is 18.9. The monoisotopic (exact) mass is 372 g/mol. The SMILES string of the molecule is CNC(=O)[C@]12CCCN(c3ncccn3)[C@H]1CN(C(=O)NC1CCCC1)C2. The van der Waals surface area contributed by atoms with Gasteiger partial charge in [0.15, 0.2) is 0 Å². The molecule has 0 aromatic carbocycles. The summed E-state index contributed by atoms with van der Waals surface area (Å²) in [6, 6.07) is 1.90. The van der Waals surface area contributed by atoms with E-state index >= 15 is 0 Å². The van der Waals surface area contributed by atoms with Gasteiger partial charge in [-0.1, -0.05) is 12.8 Å². The summed E-state index contributed by atoms with van der Waals surface area (Å²) >= 11 is 0. The van der Waals surface area contributed by atoms with E-state index in [4.69, 9.17) is 0 Å². The third-order valence-corrected chi connectivity index (χ3v) is 6.36. The third-order valence-electron chi connectivity index (χ3n) is 6.36. The lowest BCUT2D eigenvalue weighted by Crippen LogP contribution is -2.58. The van der Waals surface area contributed by atoms with Crippen molar-refractivity contribution in [3.63, 3.8) is 0 Å². The largest absolute Gasteiger partial charge is 0.359 e. The van der Waals surface area contributed by atoms with E-state index in [9.17, 15) is 9.59 Å². The van der Waals surface area contributed by atoms with Crippen molar-refractivity contribution in [1.82, 2.24) is 25.5 Å². The highest BCUT2D eigenvalue weighted by molar-refractivity contribution is 5.87. The number of amides is 3. The number of urea groups is 1. The van der Waals surface area contributed by atoms with E-state index in [0.717, 1.165) is 32.2 Å². The van der Waals surface area contributed by atoms with Crippen molar-refractivity contribution in [2.75, 3.05) is 31.6 Å². The summed E-state index contributed by atoms with van der Waals surface area (Å²) < 4.78 is 0. The van der Waals surface area contributed by atoms with Crippen molar-refractivity contribution < 1.29 is 9.59 Å². The van der Waals surface area contributed by atoms with Crippen LogP contribution in [0, 0.1) is 5.41 Å². The maximum absolute atomic E-state index is 12.9. The quantitative estimate of drug-likeness (QED) is 0.831. The predicted molar refractivity (Wildman–Crippen MR) is 101 cm³/mol. The van der Waals surface area contributed by atoms with Gasteiger partial charge in [-0.05, 0) is 31.7 Å². The first-order chi connectivity index (χ1) is 13.1. The molecular weight excluding hydrogens is 344 g/mol. The zero-order valence-electron chi connectivity index (χ0n) is 15.9. The molecule has 8 heteroatoms. The van der Waals surface area contributed by atoms with Crippen molar-refractivity contribution in [2.45, 2.75) is 50.6 Å². The van der Waals surface area contributed by atoms with Gasteiger partial charge in [-0.2, -0.15) is 0 Å². The highest BCUT2D eigenvalue weighted by atomic mass is 16.2. The van der Waals surface area contributed by atoms with Gasteiger partial charge in [0.1, 0.15) is 0 Å². The van der Waals surface area contributed by atoms with Gasteiger partial charge in [-0.3, -0.25) is 4.79 Å². The number of fused-ring (bicyclic) bond motifs is 1. The van der Waals surface area contributed by atoms with Crippen LogP contribution >= 0.6 is 0 Å². The number of carbonyl (C=O) groups excluding carboxylic acids is 2. The first-order valence-corrected chi connectivity index (χ1v) is 9.95. The molecule has 0 radical (unpaired) electrons. The van der Waals surface area contributed by atoms with Gasteiger partial charge in [0.2, 0.25) is 11.9 Å². The van der Waals surface area contributed by atoms with Crippen molar-refractivity contribution in [3.8, 4) is 0 Å². The fourth-order valence-electron chi connectivity index (χ4n) is 5.01. The fourth-order valence-corrected chi connectivity index (χ4v) is 5.01. The van der Waals surface area contributed by atoms with Crippen molar-refractivity contribution in [1.29, 1.82) is 0 Å². The zero-order valence-corrected chi connectivity index (χ0v) is 15.9. The number of aromatic nitrogens is 2. The molecule has 3 fully saturated rings. The number of rotatable bonds is 3. The molecule has 2 N–H and O–H groups in total. The Morgan fingerprint density at radius 3 is 2.63 bits per heavy atom. The molecule has 2 atom stereocenters. The summed E-state index contributed by atoms with van der Waals surface area (Å²) in [4.78, 5) is 38.5. The highest BCUT2D eigenvalue weighted by Crippen LogP contribution is 2.43. The maximum Gasteiger partial charge on any atom is 0.317 e. The van der Waals surface area contributed by atoms with E-state index in [2.05, 4.69) is 25.5 Å². The van der Waals surface area contributed by atoms with E-state index in [1.807, 2.05) is 4.90 Å². The minimum Gasteiger partial charge on any atom is -0.359 e. The lowest BCUT2D eigenvalue weighted by Gasteiger charge is -2.43. The molecular formula is C19H28N6O2. The molecule has 1 saturated carbocycles. The number of nitrogens with one attached hydrogen (secondary N) is 2. The molecule has 1 aliphatic carbocycles. The first kappa shape index (κ1) is 18.0. The number of anilines is 1. The summed E-state index contributed by atoms with van der Waals surface area (Å²) in [5.74, 6) is 0.637. The van der Waals surface area contributed by atoms with E-state index in [1.165, 1.54) is 12.8 Å². The molecule has 2 saturated heterocycles. The maximum atomic E-state index is 12.9. The first-order valence-electron chi connectivity index (χ1n) is 9.95. The van der Waals surface area contributed by atoms with E-state index in [1.54, 1.807) is 25.5 Å². The molecule has 0 unspecified atom stereocenters. The molecule has 0 bridgehead atoms. The van der Waals surface area contributed by atoms with Gasteiger partial charge < -0.3 is 20.4 Å². The van der Waals surface area contributed by atoms with Crippen LogP contribution in [-0.4, -0.2) is 65.6 Å². The Balaban J connectivity index is 1.59. The Morgan fingerprint density at radius 2 is 1.93 bits per heavy atom. The molecule has 3 aliphatic rings. The number of piperidine rings is 1. The van der Waals surface area contributed by atoms with Crippen LogP contribution in [0.3, 0.4) is 0 Å². The minimum absolute atomic E-state index is 0.00398. The molecule has 27 heavy (non-hydrogen) atoms. The molecule has 1 aromatic rings. The van der Waals surface area contributed by atoms with E-state index in [0.29, 0.717) is 19.0 Å². The fraction of sp³-hybridized carbons (Fsp3) is 0.684. The molecule has 146 valence electrons. The predicted octanol–water partition coefficient (Wildman–Crippen LogP) is 1.15. The second kappa shape index (κ2) is 7.32. The third kappa shape index (κ3) is 3.21. The van der Waals surface area contributed by atoms with Gasteiger partial charge >= 0.3 is 6.03 Å². The number of carbonyl (C=O) groups is 2. The average molecular weight is 372 g/mol. The standard InChI is InChI=1S/C19H28N6O2/c1-20-16(26)19-8-4-11-25(17-21-9-5-10-22-17)15(19)12-24(13-19)18(27)23-14-6-2-3-7-14/h5,9-10,14-15H,2-4,6-8,11-13H2,1H3,(H,20,26)(H,23,27)/t15-,19-/m0/s1. The second-order valence-electron chi connectivity index (χ2n) is 7.91. The Kier molecular flexibility index (Phi) is 4.88. The number of hydrogen-bond donors (Lipinski definition) is 2. The second-order valence-corrected chi connectivity index (χ2v) is 7.91. The topological polar surface area (TPSA) is 90.5 Å². The van der Waals surface area contributed by atoms with Crippen LogP contribution in [0.25, 0.3) is 0 Å². The average Bonchev–Trinajstić information content (AvgIpc) is 3.35. The summed E-state index contributed by atoms with van der Waals surface area (Å²) in [6.07, 6.45) is 9.54. The van der Waals surface area contributed by atoms with E-state index in [-0.39, 0.29) is 24.0 Å². The van der Waals surface area contributed by atoms with Crippen LogP contribution < -0.4 is 15.5 Å². The highest BCUT2D eigenvalue weighted by Gasteiger charge is 2.57. The van der Waals surface area contributed by atoms with Gasteiger partial charge in [0.25, 0.3) is 0 Å². The van der Waals surface area contributed by atoms with Crippen molar-refractivity contribution in [2.24, 2.45) is 5.41 Å². The molecule has 4 rings (SSSR count). The van der Waals surface area contributed by atoms with Crippen LogP contribution in [0.4, 0.5) is 10.7 Å². The number of nitrogens with zero attached hydrogens (tertiary/aromatic N) is 4.